The molecule has 0 unspecified atom stereocenters. The first-order valence-corrected chi connectivity index (χ1v) is 10.0. The summed E-state index contributed by atoms with van der Waals surface area (Å²) >= 11 is 0. The van der Waals surface area contributed by atoms with E-state index in [1.165, 1.54) is 12.0 Å². The lowest BCUT2D eigenvalue weighted by Crippen LogP contribution is -2.48. The van der Waals surface area contributed by atoms with Gasteiger partial charge in [-0.3, -0.25) is 0 Å². The normalized spacial score (nSPS) is 25.4. The SMILES string of the molecule is COC(=O)N(C)C[C@@]12C=C[C@@H](C/C(=N\NS(=O)(=O)c3ccc(C)cc3)C1)O2. The number of sulfonamides is 1. The first-order valence-electron chi connectivity index (χ1n) is 8.53. The van der Waals surface area contributed by atoms with Crippen molar-refractivity contribution in [3.63, 3.8) is 0 Å². The highest BCUT2D eigenvalue weighted by Gasteiger charge is 2.43. The van der Waals surface area contributed by atoms with Crippen LogP contribution in [0.4, 0.5) is 4.79 Å². The number of hydrogen-bond donors (Lipinski definition) is 1. The first-order chi connectivity index (χ1) is 12.7. The fraction of sp³-hybridized carbons (Fsp3) is 0.444. The second-order valence-electron chi connectivity index (χ2n) is 6.87. The van der Waals surface area contributed by atoms with E-state index in [9.17, 15) is 13.2 Å². The Morgan fingerprint density at radius 2 is 2.11 bits per heavy atom. The molecule has 2 aliphatic rings. The Hall–Kier alpha value is -2.39. The van der Waals surface area contributed by atoms with E-state index in [1.54, 1.807) is 31.3 Å². The minimum Gasteiger partial charge on any atom is -0.453 e. The maximum atomic E-state index is 12.4. The van der Waals surface area contributed by atoms with Gasteiger partial charge in [-0.15, -0.1) is 0 Å². The van der Waals surface area contributed by atoms with Gasteiger partial charge in [0.05, 0.1) is 24.7 Å². The number of hydrogen-bond acceptors (Lipinski definition) is 6. The summed E-state index contributed by atoms with van der Waals surface area (Å²) in [7, 11) is -0.795. The summed E-state index contributed by atoms with van der Waals surface area (Å²) in [4.78, 5) is 15.6. The van der Waals surface area contributed by atoms with Gasteiger partial charge in [0, 0.05) is 25.6 Å². The molecule has 9 heteroatoms. The van der Waals surface area contributed by atoms with Gasteiger partial charge in [0.25, 0.3) is 10.0 Å². The maximum absolute atomic E-state index is 12.4. The van der Waals surface area contributed by atoms with Crippen LogP contribution in [-0.2, 0) is 19.5 Å². The molecule has 27 heavy (non-hydrogen) atoms. The minimum absolute atomic E-state index is 0.158. The molecular weight excluding hydrogens is 370 g/mol. The van der Waals surface area contributed by atoms with Crippen LogP contribution in [0, 0.1) is 6.92 Å². The zero-order chi connectivity index (χ0) is 19.7. The van der Waals surface area contributed by atoms with E-state index in [2.05, 4.69) is 9.93 Å². The molecule has 0 saturated carbocycles. The molecule has 1 aromatic carbocycles. The molecule has 3 rings (SSSR count). The largest absolute Gasteiger partial charge is 0.453 e. The molecule has 2 bridgehead atoms. The van der Waals surface area contributed by atoms with Crippen molar-refractivity contribution in [2.75, 3.05) is 20.7 Å². The van der Waals surface area contributed by atoms with Crippen LogP contribution in [0.2, 0.25) is 0 Å². The molecule has 1 saturated heterocycles. The summed E-state index contributed by atoms with van der Waals surface area (Å²) in [6.45, 7) is 2.18. The van der Waals surface area contributed by atoms with Gasteiger partial charge in [-0.2, -0.15) is 13.5 Å². The van der Waals surface area contributed by atoms with Crippen molar-refractivity contribution in [2.45, 2.75) is 36.4 Å². The van der Waals surface area contributed by atoms with Gasteiger partial charge in [-0.1, -0.05) is 29.8 Å². The van der Waals surface area contributed by atoms with Crippen molar-refractivity contribution in [1.82, 2.24) is 9.73 Å². The van der Waals surface area contributed by atoms with Gasteiger partial charge in [-0.25, -0.2) is 9.63 Å². The molecule has 0 aliphatic carbocycles. The summed E-state index contributed by atoms with van der Waals surface area (Å²) < 4.78 is 35.5. The predicted molar refractivity (Wildman–Crippen MR) is 99.9 cm³/mol. The zero-order valence-corrected chi connectivity index (χ0v) is 16.3. The molecule has 2 heterocycles. The van der Waals surface area contributed by atoms with Crippen molar-refractivity contribution < 1.29 is 22.7 Å². The minimum atomic E-state index is -3.73. The molecule has 1 amide bonds. The Morgan fingerprint density at radius 3 is 2.78 bits per heavy atom. The van der Waals surface area contributed by atoms with E-state index in [4.69, 9.17) is 9.47 Å². The van der Waals surface area contributed by atoms with Crippen molar-refractivity contribution >= 4 is 21.8 Å². The number of fused-ring (bicyclic) bond motifs is 2. The number of nitrogens with one attached hydrogen (secondary N) is 1. The summed E-state index contributed by atoms with van der Waals surface area (Å²) in [5, 5.41) is 4.14. The van der Waals surface area contributed by atoms with Crippen LogP contribution >= 0.6 is 0 Å². The number of carbonyl (C=O) groups excluding carboxylic acids is 1. The number of carbonyl (C=O) groups is 1. The highest BCUT2D eigenvalue weighted by molar-refractivity contribution is 7.89. The highest BCUT2D eigenvalue weighted by Crippen LogP contribution is 2.35. The van der Waals surface area contributed by atoms with Crippen molar-refractivity contribution in [1.29, 1.82) is 0 Å². The number of amides is 1. The third-order valence-electron chi connectivity index (χ3n) is 4.59. The van der Waals surface area contributed by atoms with E-state index in [-0.39, 0.29) is 17.5 Å². The fourth-order valence-electron chi connectivity index (χ4n) is 3.27. The lowest BCUT2D eigenvalue weighted by atomic mass is 9.94. The Kier molecular flexibility index (Phi) is 5.25. The fourth-order valence-corrected chi connectivity index (χ4v) is 4.12. The first kappa shape index (κ1) is 19.4. The molecule has 2 atom stereocenters. The molecule has 0 aromatic heterocycles. The topological polar surface area (TPSA) is 97.3 Å². The Morgan fingerprint density at radius 1 is 1.41 bits per heavy atom. The lowest BCUT2D eigenvalue weighted by molar-refractivity contribution is -0.0426. The molecule has 0 radical (unpaired) electrons. The van der Waals surface area contributed by atoms with Crippen LogP contribution < -0.4 is 4.83 Å². The molecule has 2 aliphatic heterocycles. The molecule has 1 N–H and O–H groups in total. The third kappa shape index (κ3) is 4.30. The van der Waals surface area contributed by atoms with Crippen LogP contribution in [-0.4, -0.2) is 57.5 Å². The Labute approximate surface area is 158 Å². The van der Waals surface area contributed by atoms with Crippen LogP contribution in [0.25, 0.3) is 0 Å². The van der Waals surface area contributed by atoms with Crippen LogP contribution in [0.15, 0.2) is 46.4 Å². The van der Waals surface area contributed by atoms with Gasteiger partial charge >= 0.3 is 6.09 Å². The highest BCUT2D eigenvalue weighted by atomic mass is 32.2. The molecule has 146 valence electrons. The van der Waals surface area contributed by atoms with E-state index in [0.29, 0.717) is 18.6 Å². The number of likely N-dealkylation sites (N-methyl/N-ethyl adjacent to an activating group) is 1. The van der Waals surface area contributed by atoms with Gasteiger partial charge in [0.2, 0.25) is 0 Å². The number of hydrazone groups is 1. The predicted octanol–water partition coefficient (Wildman–Crippen LogP) is 1.82. The van der Waals surface area contributed by atoms with Crippen LogP contribution in [0.3, 0.4) is 0 Å². The summed E-state index contributed by atoms with van der Waals surface area (Å²) in [5.74, 6) is 0. The molecular formula is C18H23N3O5S. The molecule has 1 aromatic rings. The zero-order valence-electron chi connectivity index (χ0n) is 15.5. The summed E-state index contributed by atoms with van der Waals surface area (Å²) in [5.41, 5.74) is 0.925. The number of ether oxygens (including phenoxy) is 2. The summed E-state index contributed by atoms with van der Waals surface area (Å²) in [6.07, 6.45) is 4.06. The van der Waals surface area contributed by atoms with E-state index in [0.717, 1.165) is 5.56 Å². The maximum Gasteiger partial charge on any atom is 0.409 e. The van der Waals surface area contributed by atoms with Gasteiger partial charge in [0.15, 0.2) is 0 Å². The monoisotopic (exact) mass is 393 g/mol. The number of benzene rings is 1. The molecule has 1 fully saturated rings. The van der Waals surface area contributed by atoms with E-state index < -0.39 is 21.7 Å². The van der Waals surface area contributed by atoms with Crippen LogP contribution in [0.1, 0.15) is 18.4 Å². The van der Waals surface area contributed by atoms with E-state index in [1.807, 2.05) is 19.1 Å². The van der Waals surface area contributed by atoms with Crippen molar-refractivity contribution in [3.05, 3.63) is 42.0 Å². The standard InChI is InChI=1S/C18H23N3O5S/c1-13-4-6-16(7-5-13)27(23,24)20-19-14-10-15-8-9-18(11-14,26-15)12-21(2)17(22)25-3/h4-9,15,20H,10-12H2,1-3H3/b19-14+/t15-,18+/m0/s1. The van der Waals surface area contributed by atoms with Gasteiger partial charge in [-0.05, 0) is 19.1 Å². The second kappa shape index (κ2) is 7.32. The van der Waals surface area contributed by atoms with Gasteiger partial charge < -0.3 is 14.4 Å². The Bertz CT molecular complexity index is 879. The average Bonchev–Trinajstić information content (AvgIpc) is 2.93. The quantitative estimate of drug-likeness (QED) is 0.608. The smallest absolute Gasteiger partial charge is 0.409 e. The number of nitrogens with zero attached hydrogens (tertiary/aromatic N) is 2. The van der Waals surface area contributed by atoms with Gasteiger partial charge in [0.1, 0.15) is 5.60 Å². The average molecular weight is 393 g/mol. The molecule has 8 nitrogen and oxygen atoms in total. The van der Waals surface area contributed by atoms with Crippen molar-refractivity contribution in [2.24, 2.45) is 5.10 Å². The Balaban J connectivity index is 1.72. The second-order valence-corrected chi connectivity index (χ2v) is 8.53. The third-order valence-corrected chi connectivity index (χ3v) is 5.81. The number of methoxy groups -OCH3 is 1. The molecule has 0 spiro atoms. The number of rotatable bonds is 5. The van der Waals surface area contributed by atoms with Crippen molar-refractivity contribution in [3.8, 4) is 0 Å². The lowest BCUT2D eigenvalue weighted by Gasteiger charge is -2.36. The van der Waals surface area contributed by atoms with Crippen LogP contribution in [0.5, 0.6) is 0 Å². The van der Waals surface area contributed by atoms with E-state index >= 15 is 0 Å². The summed E-state index contributed by atoms with van der Waals surface area (Å²) in [6, 6.07) is 6.55. The number of aryl methyl sites for hydroxylation is 1.